The van der Waals surface area contributed by atoms with Crippen LogP contribution in [0.3, 0.4) is 0 Å². The van der Waals surface area contributed by atoms with Gasteiger partial charge in [-0.15, -0.1) is 6.58 Å². The van der Waals surface area contributed by atoms with Crippen molar-refractivity contribution in [1.29, 1.82) is 0 Å². The van der Waals surface area contributed by atoms with Crippen LogP contribution >= 0.6 is 0 Å². The van der Waals surface area contributed by atoms with E-state index < -0.39 is 0 Å². The zero-order valence-electron chi connectivity index (χ0n) is 9.51. The Kier molecular flexibility index (Phi) is 2.76. The standard InChI is InChI=1S/C11H15N5/c1-4-5-12-11-13-6-7-16(11)10-8-15(3)14-9(10)2/h4,6-8H,1,5H2,2-3H3,(H,12,13). The third kappa shape index (κ3) is 1.84. The van der Waals surface area contributed by atoms with E-state index in [2.05, 4.69) is 22.0 Å². The van der Waals surface area contributed by atoms with Crippen LogP contribution in [0, 0.1) is 6.92 Å². The van der Waals surface area contributed by atoms with Crippen LogP contribution in [0.5, 0.6) is 0 Å². The molecule has 0 amide bonds. The average molecular weight is 217 g/mol. The van der Waals surface area contributed by atoms with E-state index in [9.17, 15) is 0 Å². The van der Waals surface area contributed by atoms with Crippen molar-refractivity contribution in [3.8, 4) is 5.69 Å². The van der Waals surface area contributed by atoms with Crippen LogP contribution in [0.25, 0.3) is 5.69 Å². The third-order valence-corrected chi connectivity index (χ3v) is 2.29. The molecule has 0 radical (unpaired) electrons. The summed E-state index contributed by atoms with van der Waals surface area (Å²) < 4.78 is 3.77. The summed E-state index contributed by atoms with van der Waals surface area (Å²) in [5, 5.41) is 7.48. The van der Waals surface area contributed by atoms with E-state index in [1.54, 1.807) is 17.0 Å². The Hall–Kier alpha value is -2.04. The number of aryl methyl sites for hydroxylation is 2. The molecular formula is C11H15N5. The van der Waals surface area contributed by atoms with E-state index >= 15 is 0 Å². The third-order valence-electron chi connectivity index (χ3n) is 2.29. The Labute approximate surface area is 94.4 Å². The molecule has 2 aromatic heterocycles. The van der Waals surface area contributed by atoms with Gasteiger partial charge >= 0.3 is 0 Å². The Bertz CT molecular complexity index is 494. The quantitative estimate of drug-likeness (QED) is 0.790. The van der Waals surface area contributed by atoms with Crippen molar-refractivity contribution in [2.75, 3.05) is 11.9 Å². The van der Waals surface area contributed by atoms with E-state index in [1.165, 1.54) is 0 Å². The number of nitrogens with one attached hydrogen (secondary N) is 1. The highest BCUT2D eigenvalue weighted by atomic mass is 15.3. The number of anilines is 1. The summed E-state index contributed by atoms with van der Waals surface area (Å²) in [4.78, 5) is 4.25. The minimum atomic E-state index is 0.691. The molecule has 2 heterocycles. The molecule has 0 saturated heterocycles. The molecule has 0 bridgehead atoms. The van der Waals surface area contributed by atoms with Gasteiger partial charge in [-0.05, 0) is 6.92 Å². The first-order valence-corrected chi connectivity index (χ1v) is 5.11. The summed E-state index contributed by atoms with van der Waals surface area (Å²) in [7, 11) is 1.91. The lowest BCUT2D eigenvalue weighted by molar-refractivity contribution is 0.756. The predicted octanol–water partition coefficient (Wildman–Crippen LogP) is 1.51. The molecule has 1 N–H and O–H groups in total. The van der Waals surface area contributed by atoms with Crippen molar-refractivity contribution in [2.45, 2.75) is 6.92 Å². The van der Waals surface area contributed by atoms with Crippen molar-refractivity contribution in [1.82, 2.24) is 19.3 Å². The molecule has 0 saturated carbocycles. The van der Waals surface area contributed by atoms with Crippen LogP contribution in [0.15, 0.2) is 31.2 Å². The molecule has 2 aromatic rings. The smallest absolute Gasteiger partial charge is 0.207 e. The molecule has 0 aromatic carbocycles. The van der Waals surface area contributed by atoms with Gasteiger partial charge in [-0.2, -0.15) is 5.10 Å². The second-order valence-electron chi connectivity index (χ2n) is 3.56. The van der Waals surface area contributed by atoms with Gasteiger partial charge in [0.25, 0.3) is 0 Å². The van der Waals surface area contributed by atoms with Crippen LogP contribution in [0.4, 0.5) is 5.95 Å². The van der Waals surface area contributed by atoms with Crippen LogP contribution in [0.1, 0.15) is 5.69 Å². The first-order chi connectivity index (χ1) is 7.72. The van der Waals surface area contributed by atoms with Gasteiger partial charge in [0.05, 0.1) is 11.4 Å². The van der Waals surface area contributed by atoms with Gasteiger partial charge in [0, 0.05) is 32.2 Å². The number of hydrogen-bond acceptors (Lipinski definition) is 3. The summed E-state index contributed by atoms with van der Waals surface area (Å²) in [6.07, 6.45) is 7.44. The zero-order valence-corrected chi connectivity index (χ0v) is 9.51. The van der Waals surface area contributed by atoms with E-state index in [4.69, 9.17) is 0 Å². The fourth-order valence-corrected chi connectivity index (χ4v) is 1.62. The molecule has 5 nitrogen and oxygen atoms in total. The Morgan fingerprint density at radius 1 is 1.56 bits per heavy atom. The minimum Gasteiger partial charge on any atom is -0.352 e. The Morgan fingerprint density at radius 3 is 3.00 bits per heavy atom. The fraction of sp³-hybridized carbons (Fsp3) is 0.273. The maximum atomic E-state index is 4.31. The van der Waals surface area contributed by atoms with Crippen LogP contribution in [-0.4, -0.2) is 25.9 Å². The van der Waals surface area contributed by atoms with E-state index in [1.807, 2.05) is 30.9 Å². The predicted molar refractivity (Wildman–Crippen MR) is 63.8 cm³/mol. The topological polar surface area (TPSA) is 47.7 Å². The van der Waals surface area contributed by atoms with Crippen molar-refractivity contribution in [3.63, 3.8) is 0 Å². The van der Waals surface area contributed by atoms with Gasteiger partial charge in [-0.25, -0.2) is 4.98 Å². The molecule has 2 rings (SSSR count). The van der Waals surface area contributed by atoms with Gasteiger partial charge in [0.1, 0.15) is 0 Å². The normalized spacial score (nSPS) is 10.4. The maximum absolute atomic E-state index is 4.31. The molecular weight excluding hydrogens is 202 g/mol. The molecule has 0 aliphatic heterocycles. The molecule has 84 valence electrons. The lowest BCUT2D eigenvalue weighted by Crippen LogP contribution is -2.05. The summed E-state index contributed by atoms with van der Waals surface area (Å²) in [5.41, 5.74) is 2.01. The van der Waals surface area contributed by atoms with Gasteiger partial charge in [0.2, 0.25) is 5.95 Å². The SMILES string of the molecule is C=CCNc1nccn1-c1cn(C)nc1C. The van der Waals surface area contributed by atoms with Crippen molar-refractivity contribution < 1.29 is 0 Å². The van der Waals surface area contributed by atoms with Crippen molar-refractivity contribution in [3.05, 3.63) is 36.9 Å². The summed E-state index contributed by atoms with van der Waals surface area (Å²) in [5.74, 6) is 0.802. The highest BCUT2D eigenvalue weighted by Crippen LogP contribution is 2.16. The average Bonchev–Trinajstić information content (AvgIpc) is 2.81. The fourth-order valence-electron chi connectivity index (χ4n) is 1.62. The Balaban J connectivity index is 2.36. The van der Waals surface area contributed by atoms with Crippen molar-refractivity contribution >= 4 is 5.95 Å². The molecule has 5 heteroatoms. The maximum Gasteiger partial charge on any atom is 0.207 e. The molecule has 0 atom stereocenters. The van der Waals surface area contributed by atoms with E-state index in [0.29, 0.717) is 6.54 Å². The van der Waals surface area contributed by atoms with Gasteiger partial charge in [-0.3, -0.25) is 9.25 Å². The van der Waals surface area contributed by atoms with E-state index in [-0.39, 0.29) is 0 Å². The van der Waals surface area contributed by atoms with Crippen LogP contribution in [0.2, 0.25) is 0 Å². The van der Waals surface area contributed by atoms with Gasteiger partial charge in [-0.1, -0.05) is 6.08 Å². The number of aromatic nitrogens is 4. The molecule has 0 aliphatic rings. The van der Waals surface area contributed by atoms with E-state index in [0.717, 1.165) is 17.3 Å². The molecule has 0 unspecified atom stereocenters. The zero-order chi connectivity index (χ0) is 11.5. The molecule has 0 aliphatic carbocycles. The first kappa shape index (κ1) is 10.5. The number of imidazole rings is 1. The summed E-state index contributed by atoms with van der Waals surface area (Å²) >= 11 is 0. The highest BCUT2D eigenvalue weighted by Gasteiger charge is 2.09. The summed E-state index contributed by atoms with van der Waals surface area (Å²) in [6.45, 7) is 6.34. The Morgan fingerprint density at radius 2 is 2.38 bits per heavy atom. The van der Waals surface area contributed by atoms with Crippen LogP contribution < -0.4 is 5.32 Å². The second-order valence-corrected chi connectivity index (χ2v) is 3.56. The van der Waals surface area contributed by atoms with Gasteiger partial charge in [0.15, 0.2) is 0 Å². The van der Waals surface area contributed by atoms with Gasteiger partial charge < -0.3 is 5.32 Å². The summed E-state index contributed by atoms with van der Waals surface area (Å²) in [6, 6.07) is 0. The number of rotatable bonds is 4. The van der Waals surface area contributed by atoms with Crippen molar-refractivity contribution in [2.24, 2.45) is 7.05 Å². The lowest BCUT2D eigenvalue weighted by Gasteiger charge is -2.06. The lowest BCUT2D eigenvalue weighted by atomic mass is 10.4. The minimum absolute atomic E-state index is 0.691. The number of hydrogen-bond donors (Lipinski definition) is 1. The highest BCUT2D eigenvalue weighted by molar-refractivity contribution is 5.43. The second kappa shape index (κ2) is 4.22. The molecule has 0 fully saturated rings. The van der Waals surface area contributed by atoms with Crippen LogP contribution in [-0.2, 0) is 7.05 Å². The monoisotopic (exact) mass is 217 g/mol. The molecule has 16 heavy (non-hydrogen) atoms. The largest absolute Gasteiger partial charge is 0.352 e. The number of nitrogens with zero attached hydrogens (tertiary/aromatic N) is 4. The molecule has 0 spiro atoms. The first-order valence-electron chi connectivity index (χ1n) is 5.11.